The number of rotatable bonds is 4. The first-order valence-electron chi connectivity index (χ1n) is 3.81. The van der Waals surface area contributed by atoms with Crippen LogP contribution in [0.4, 0.5) is 0 Å². The standard InChI is InChI=1S/C7H7N3O5/c11-8-7(9(12)13,10(14)15)6-4-2-1-3-5-6/h1-5,8,11H. The first-order valence-corrected chi connectivity index (χ1v) is 3.81. The topological polar surface area (TPSA) is 119 Å². The number of benzene rings is 1. The van der Waals surface area contributed by atoms with E-state index >= 15 is 0 Å². The summed E-state index contributed by atoms with van der Waals surface area (Å²) in [5, 5.41) is 29.9. The van der Waals surface area contributed by atoms with Crippen molar-refractivity contribution in [3.63, 3.8) is 0 Å². The Bertz CT molecular complexity index is 365. The molecule has 0 bridgehead atoms. The number of nitro groups is 2. The van der Waals surface area contributed by atoms with Crippen LogP contribution < -0.4 is 5.48 Å². The number of hydroxylamine groups is 1. The van der Waals surface area contributed by atoms with Crippen molar-refractivity contribution in [3.05, 3.63) is 56.1 Å². The molecular weight excluding hydrogens is 206 g/mol. The number of nitrogens with one attached hydrogen (secondary N) is 1. The summed E-state index contributed by atoms with van der Waals surface area (Å²) in [6, 6.07) is 6.69. The second-order valence-electron chi connectivity index (χ2n) is 2.66. The minimum atomic E-state index is -2.92. The molecule has 0 heterocycles. The van der Waals surface area contributed by atoms with Crippen molar-refractivity contribution in [3.8, 4) is 0 Å². The molecule has 0 aliphatic rings. The molecule has 0 radical (unpaired) electrons. The van der Waals surface area contributed by atoms with Gasteiger partial charge in [-0.1, -0.05) is 23.7 Å². The quantitative estimate of drug-likeness (QED) is 0.422. The Morgan fingerprint density at radius 2 is 1.60 bits per heavy atom. The Morgan fingerprint density at radius 3 is 1.93 bits per heavy atom. The van der Waals surface area contributed by atoms with Crippen LogP contribution in [0.15, 0.2) is 30.3 Å². The molecular formula is C7H7N3O5. The summed E-state index contributed by atoms with van der Waals surface area (Å²) >= 11 is 0. The Hall–Kier alpha value is -2.06. The van der Waals surface area contributed by atoms with Crippen LogP contribution in [0, 0.1) is 20.2 Å². The van der Waals surface area contributed by atoms with Gasteiger partial charge in [0, 0.05) is 0 Å². The van der Waals surface area contributed by atoms with Crippen LogP contribution >= 0.6 is 0 Å². The van der Waals surface area contributed by atoms with E-state index < -0.39 is 15.6 Å². The van der Waals surface area contributed by atoms with Gasteiger partial charge in [0.25, 0.3) is 0 Å². The van der Waals surface area contributed by atoms with E-state index in [0.717, 1.165) is 5.48 Å². The second-order valence-corrected chi connectivity index (χ2v) is 2.66. The van der Waals surface area contributed by atoms with E-state index in [1.54, 1.807) is 6.07 Å². The third-order valence-electron chi connectivity index (χ3n) is 1.86. The summed E-state index contributed by atoms with van der Waals surface area (Å²) in [4.78, 5) is 18.9. The summed E-state index contributed by atoms with van der Waals surface area (Å²) in [7, 11) is 0. The molecule has 0 aromatic heterocycles. The Labute approximate surface area is 83.4 Å². The predicted molar refractivity (Wildman–Crippen MR) is 47.0 cm³/mol. The molecule has 8 nitrogen and oxygen atoms in total. The predicted octanol–water partition coefficient (Wildman–Crippen LogP) is 0.329. The second kappa shape index (κ2) is 3.98. The van der Waals surface area contributed by atoms with Crippen molar-refractivity contribution in [1.29, 1.82) is 0 Å². The zero-order valence-corrected chi connectivity index (χ0v) is 7.36. The van der Waals surface area contributed by atoms with Crippen molar-refractivity contribution >= 4 is 0 Å². The molecule has 1 rings (SSSR count). The van der Waals surface area contributed by atoms with Crippen molar-refractivity contribution in [1.82, 2.24) is 5.48 Å². The normalized spacial score (nSPS) is 11.0. The molecule has 0 unspecified atom stereocenters. The van der Waals surface area contributed by atoms with Crippen LogP contribution in [0.2, 0.25) is 0 Å². The molecule has 8 heteroatoms. The van der Waals surface area contributed by atoms with Crippen LogP contribution in [0.25, 0.3) is 0 Å². The molecule has 0 fully saturated rings. The van der Waals surface area contributed by atoms with Gasteiger partial charge in [-0.3, -0.25) is 20.2 Å². The molecule has 1 aromatic rings. The van der Waals surface area contributed by atoms with Crippen LogP contribution in [0.1, 0.15) is 5.56 Å². The van der Waals surface area contributed by atoms with Gasteiger partial charge >= 0.3 is 5.79 Å². The van der Waals surface area contributed by atoms with Gasteiger partial charge in [-0.15, -0.1) is 0 Å². The van der Waals surface area contributed by atoms with Gasteiger partial charge in [0.2, 0.25) is 0 Å². The molecule has 0 aliphatic carbocycles. The number of hydrogen-bond donors (Lipinski definition) is 2. The maximum Gasteiger partial charge on any atom is 0.568 e. The molecule has 80 valence electrons. The van der Waals surface area contributed by atoms with E-state index in [4.69, 9.17) is 5.21 Å². The highest BCUT2D eigenvalue weighted by Gasteiger charge is 2.58. The molecule has 0 atom stereocenters. The van der Waals surface area contributed by atoms with Gasteiger partial charge in [-0.2, -0.15) is 0 Å². The van der Waals surface area contributed by atoms with Gasteiger partial charge in [-0.25, -0.2) is 0 Å². The monoisotopic (exact) mass is 213 g/mol. The zero-order valence-electron chi connectivity index (χ0n) is 7.36. The van der Waals surface area contributed by atoms with E-state index in [1.807, 2.05) is 0 Å². The summed E-state index contributed by atoms with van der Waals surface area (Å²) in [5.41, 5.74) is 0.871. The van der Waals surface area contributed by atoms with E-state index in [0.29, 0.717) is 0 Å². The highest BCUT2D eigenvalue weighted by atomic mass is 16.7. The number of nitrogens with zero attached hydrogens (tertiary/aromatic N) is 2. The molecule has 0 saturated heterocycles. The lowest BCUT2D eigenvalue weighted by Gasteiger charge is -2.14. The average Bonchev–Trinajstić information content (AvgIpc) is 2.20. The molecule has 1 aromatic carbocycles. The fourth-order valence-corrected chi connectivity index (χ4v) is 1.09. The highest BCUT2D eigenvalue weighted by Crippen LogP contribution is 2.21. The van der Waals surface area contributed by atoms with Crippen LogP contribution in [0.5, 0.6) is 0 Å². The van der Waals surface area contributed by atoms with Crippen molar-refractivity contribution in [2.45, 2.75) is 5.79 Å². The Kier molecular flexibility index (Phi) is 2.93. The highest BCUT2D eigenvalue weighted by molar-refractivity contribution is 5.18. The third kappa shape index (κ3) is 1.63. The lowest BCUT2D eigenvalue weighted by molar-refractivity contribution is -0.827. The van der Waals surface area contributed by atoms with Crippen LogP contribution in [-0.4, -0.2) is 15.1 Å². The van der Waals surface area contributed by atoms with Crippen molar-refractivity contribution < 1.29 is 15.1 Å². The minimum Gasteiger partial charge on any atom is -0.305 e. The Morgan fingerprint density at radius 1 is 1.13 bits per heavy atom. The molecule has 0 saturated carbocycles. The van der Waals surface area contributed by atoms with E-state index in [9.17, 15) is 20.2 Å². The smallest absolute Gasteiger partial charge is 0.305 e. The van der Waals surface area contributed by atoms with Crippen molar-refractivity contribution in [2.24, 2.45) is 0 Å². The maximum atomic E-state index is 10.6. The molecule has 0 aliphatic heterocycles. The fourth-order valence-electron chi connectivity index (χ4n) is 1.09. The molecule has 15 heavy (non-hydrogen) atoms. The zero-order chi connectivity index (χ0) is 11.5. The van der Waals surface area contributed by atoms with Crippen LogP contribution in [0.3, 0.4) is 0 Å². The van der Waals surface area contributed by atoms with Gasteiger partial charge < -0.3 is 5.21 Å². The first-order chi connectivity index (χ1) is 7.05. The largest absolute Gasteiger partial charge is 0.568 e. The van der Waals surface area contributed by atoms with Gasteiger partial charge in [0.15, 0.2) is 0 Å². The lowest BCUT2D eigenvalue weighted by atomic mass is 10.1. The fraction of sp³-hybridized carbons (Fsp3) is 0.143. The average molecular weight is 213 g/mol. The third-order valence-corrected chi connectivity index (χ3v) is 1.86. The van der Waals surface area contributed by atoms with Gasteiger partial charge in [0.1, 0.15) is 15.4 Å². The van der Waals surface area contributed by atoms with E-state index in [2.05, 4.69) is 0 Å². The SMILES string of the molecule is O=[N+]([O-])C(NO)(c1ccccc1)[N+](=O)[O-]. The van der Waals surface area contributed by atoms with Gasteiger partial charge in [0.05, 0.1) is 0 Å². The van der Waals surface area contributed by atoms with Crippen LogP contribution in [-0.2, 0) is 5.79 Å². The summed E-state index contributed by atoms with van der Waals surface area (Å²) < 4.78 is 0. The van der Waals surface area contributed by atoms with E-state index in [-0.39, 0.29) is 5.56 Å². The Balaban J connectivity index is 3.35. The van der Waals surface area contributed by atoms with E-state index in [1.165, 1.54) is 24.3 Å². The molecule has 0 amide bonds. The molecule has 0 spiro atoms. The molecule has 2 N–H and O–H groups in total. The maximum absolute atomic E-state index is 10.6. The first kappa shape index (κ1) is 11.0. The summed E-state index contributed by atoms with van der Waals surface area (Å²) in [6.45, 7) is 0. The summed E-state index contributed by atoms with van der Waals surface area (Å²) in [6.07, 6.45) is 0. The lowest BCUT2D eigenvalue weighted by Crippen LogP contribution is -2.53. The van der Waals surface area contributed by atoms with Crippen molar-refractivity contribution in [2.75, 3.05) is 0 Å². The minimum absolute atomic E-state index is 0.262. The summed E-state index contributed by atoms with van der Waals surface area (Å²) in [5.74, 6) is -2.92. The number of hydrogen-bond acceptors (Lipinski definition) is 6. The van der Waals surface area contributed by atoms with Gasteiger partial charge in [-0.05, 0) is 12.1 Å².